The number of fused-ring (bicyclic) bond motifs is 1. The lowest BCUT2D eigenvalue weighted by Crippen LogP contribution is -2.39. The first-order valence-corrected chi connectivity index (χ1v) is 6.86. The quantitative estimate of drug-likeness (QED) is 0.763. The fourth-order valence-corrected chi connectivity index (χ4v) is 2.34. The van der Waals surface area contributed by atoms with Crippen LogP contribution >= 0.6 is 0 Å². The van der Waals surface area contributed by atoms with Gasteiger partial charge >= 0.3 is 0 Å². The minimum atomic E-state index is -0.616. The zero-order valence-electron chi connectivity index (χ0n) is 11.4. The second-order valence-corrected chi connectivity index (χ2v) is 5.45. The molecule has 1 heterocycles. The largest absolute Gasteiger partial charge is 0.389 e. The average Bonchev–Trinajstić information content (AvgIpc) is 2.59. The average molecular weight is 248 g/mol. The summed E-state index contributed by atoms with van der Waals surface area (Å²) in [6.07, 6.45) is 1.84. The molecular formula is C15H24N2O. The topological polar surface area (TPSA) is 44.3 Å². The number of aliphatic hydroxyl groups is 1. The maximum Gasteiger partial charge on any atom is 0.0741 e. The molecule has 18 heavy (non-hydrogen) atoms. The molecule has 3 heteroatoms. The van der Waals surface area contributed by atoms with Crippen LogP contribution in [-0.2, 0) is 6.54 Å². The summed E-state index contributed by atoms with van der Waals surface area (Å²) in [4.78, 5) is 0. The van der Waals surface area contributed by atoms with E-state index in [9.17, 15) is 5.11 Å². The van der Waals surface area contributed by atoms with Crippen LogP contribution < -0.4 is 10.6 Å². The highest BCUT2D eigenvalue weighted by Crippen LogP contribution is 2.24. The molecule has 0 fully saturated rings. The molecule has 0 saturated heterocycles. The maximum absolute atomic E-state index is 10.1. The molecule has 2 unspecified atom stereocenters. The maximum atomic E-state index is 10.1. The normalized spacial score (nSPS) is 22.9. The highest BCUT2D eigenvalue weighted by molar-refractivity contribution is 5.31. The molecule has 3 N–H and O–H groups in total. The van der Waals surface area contributed by atoms with Crippen LogP contribution in [0.15, 0.2) is 24.3 Å². The first-order chi connectivity index (χ1) is 8.62. The lowest BCUT2D eigenvalue weighted by Gasteiger charge is -2.26. The zero-order chi connectivity index (χ0) is 13.0. The molecule has 3 nitrogen and oxygen atoms in total. The standard InChI is InChI=1S/C15H24N2O/c1-3-15(2,18)11-17-14-8-9-16-10-12-6-4-5-7-13(12)14/h4-7,14,16-18H,3,8-11H2,1-2H3. The predicted molar refractivity (Wildman–Crippen MR) is 74.4 cm³/mol. The van der Waals surface area contributed by atoms with Crippen molar-refractivity contribution in [3.8, 4) is 0 Å². The molecular weight excluding hydrogens is 224 g/mol. The molecule has 0 bridgehead atoms. The Labute approximate surface area is 110 Å². The van der Waals surface area contributed by atoms with Gasteiger partial charge in [-0.15, -0.1) is 0 Å². The van der Waals surface area contributed by atoms with Gasteiger partial charge in [0, 0.05) is 19.1 Å². The number of rotatable bonds is 4. The lowest BCUT2D eigenvalue weighted by molar-refractivity contribution is 0.0525. The Bertz CT molecular complexity index is 390. The van der Waals surface area contributed by atoms with Gasteiger partial charge in [-0.2, -0.15) is 0 Å². The van der Waals surface area contributed by atoms with Crippen molar-refractivity contribution in [1.82, 2.24) is 10.6 Å². The van der Waals surface area contributed by atoms with Gasteiger partial charge in [0.05, 0.1) is 5.60 Å². The second-order valence-electron chi connectivity index (χ2n) is 5.45. The van der Waals surface area contributed by atoms with Crippen LogP contribution in [0.1, 0.15) is 43.9 Å². The number of hydrogen-bond donors (Lipinski definition) is 3. The summed E-state index contributed by atoms with van der Waals surface area (Å²) in [5, 5.41) is 17.1. The number of nitrogens with one attached hydrogen (secondary N) is 2. The van der Waals surface area contributed by atoms with Crippen LogP contribution in [0.3, 0.4) is 0 Å². The van der Waals surface area contributed by atoms with Crippen LogP contribution in [-0.4, -0.2) is 23.8 Å². The van der Waals surface area contributed by atoms with Gasteiger partial charge in [-0.25, -0.2) is 0 Å². The van der Waals surface area contributed by atoms with E-state index in [2.05, 4.69) is 34.9 Å². The van der Waals surface area contributed by atoms with Crippen molar-refractivity contribution >= 4 is 0 Å². The summed E-state index contributed by atoms with van der Waals surface area (Å²) < 4.78 is 0. The molecule has 0 aromatic heterocycles. The lowest BCUT2D eigenvalue weighted by atomic mass is 9.97. The molecule has 1 aliphatic heterocycles. The Balaban J connectivity index is 2.08. The molecule has 100 valence electrons. The van der Waals surface area contributed by atoms with E-state index in [4.69, 9.17) is 0 Å². The zero-order valence-corrected chi connectivity index (χ0v) is 11.4. The molecule has 0 amide bonds. The van der Waals surface area contributed by atoms with Crippen LogP contribution in [0, 0.1) is 0 Å². The van der Waals surface area contributed by atoms with Gasteiger partial charge in [-0.3, -0.25) is 0 Å². The molecule has 1 aliphatic rings. The van der Waals surface area contributed by atoms with Crippen LogP contribution in [0.5, 0.6) is 0 Å². The molecule has 2 atom stereocenters. The van der Waals surface area contributed by atoms with Gasteiger partial charge in [0.1, 0.15) is 0 Å². The van der Waals surface area contributed by atoms with Crippen LogP contribution in [0.25, 0.3) is 0 Å². The summed E-state index contributed by atoms with van der Waals surface area (Å²) >= 11 is 0. The monoisotopic (exact) mass is 248 g/mol. The van der Waals surface area contributed by atoms with E-state index in [1.54, 1.807) is 0 Å². The second kappa shape index (κ2) is 5.83. The van der Waals surface area contributed by atoms with Gasteiger partial charge in [0.25, 0.3) is 0 Å². The van der Waals surface area contributed by atoms with E-state index >= 15 is 0 Å². The summed E-state index contributed by atoms with van der Waals surface area (Å²) in [7, 11) is 0. The first-order valence-electron chi connectivity index (χ1n) is 6.86. The molecule has 2 rings (SSSR count). The smallest absolute Gasteiger partial charge is 0.0741 e. The highest BCUT2D eigenvalue weighted by Gasteiger charge is 2.22. The molecule has 0 aliphatic carbocycles. The Morgan fingerprint density at radius 3 is 3.00 bits per heavy atom. The van der Waals surface area contributed by atoms with Crippen molar-refractivity contribution in [2.24, 2.45) is 0 Å². The van der Waals surface area contributed by atoms with E-state index in [0.29, 0.717) is 12.6 Å². The van der Waals surface area contributed by atoms with E-state index in [-0.39, 0.29) is 0 Å². The molecule has 0 spiro atoms. The fourth-order valence-electron chi connectivity index (χ4n) is 2.34. The Kier molecular flexibility index (Phi) is 4.38. The Morgan fingerprint density at radius 2 is 2.22 bits per heavy atom. The van der Waals surface area contributed by atoms with E-state index in [0.717, 1.165) is 25.9 Å². The Morgan fingerprint density at radius 1 is 1.44 bits per heavy atom. The van der Waals surface area contributed by atoms with Crippen molar-refractivity contribution in [1.29, 1.82) is 0 Å². The summed E-state index contributed by atoms with van der Waals surface area (Å²) in [5.41, 5.74) is 2.12. The van der Waals surface area contributed by atoms with E-state index < -0.39 is 5.60 Å². The van der Waals surface area contributed by atoms with Gasteiger partial charge in [0.2, 0.25) is 0 Å². The molecule has 1 aromatic carbocycles. The SMILES string of the molecule is CCC(C)(O)CNC1CCNCc2ccccc21. The summed E-state index contributed by atoms with van der Waals surface area (Å²) in [6, 6.07) is 8.90. The van der Waals surface area contributed by atoms with Crippen molar-refractivity contribution < 1.29 is 5.11 Å². The summed E-state index contributed by atoms with van der Waals surface area (Å²) in [5.74, 6) is 0. The molecule has 1 aromatic rings. The molecule has 0 saturated carbocycles. The predicted octanol–water partition coefficient (Wildman–Crippen LogP) is 1.97. The van der Waals surface area contributed by atoms with Gasteiger partial charge in [-0.1, -0.05) is 31.2 Å². The first kappa shape index (κ1) is 13.5. The minimum absolute atomic E-state index is 0.342. The summed E-state index contributed by atoms with van der Waals surface area (Å²) in [6.45, 7) is 6.51. The Hall–Kier alpha value is -0.900. The van der Waals surface area contributed by atoms with Crippen molar-refractivity contribution in [3.05, 3.63) is 35.4 Å². The highest BCUT2D eigenvalue weighted by atomic mass is 16.3. The third-order valence-corrected chi connectivity index (χ3v) is 3.85. The van der Waals surface area contributed by atoms with Crippen LogP contribution in [0.2, 0.25) is 0 Å². The third-order valence-electron chi connectivity index (χ3n) is 3.85. The van der Waals surface area contributed by atoms with Crippen LogP contribution in [0.4, 0.5) is 0 Å². The van der Waals surface area contributed by atoms with E-state index in [1.165, 1.54) is 11.1 Å². The minimum Gasteiger partial charge on any atom is -0.389 e. The number of hydrogen-bond acceptors (Lipinski definition) is 3. The van der Waals surface area contributed by atoms with Crippen molar-refractivity contribution in [2.75, 3.05) is 13.1 Å². The van der Waals surface area contributed by atoms with Crippen molar-refractivity contribution in [2.45, 2.75) is 44.9 Å². The van der Waals surface area contributed by atoms with Gasteiger partial charge < -0.3 is 15.7 Å². The van der Waals surface area contributed by atoms with Gasteiger partial charge in [-0.05, 0) is 37.4 Å². The fraction of sp³-hybridized carbons (Fsp3) is 0.600. The van der Waals surface area contributed by atoms with Crippen molar-refractivity contribution in [3.63, 3.8) is 0 Å². The molecule has 0 radical (unpaired) electrons. The van der Waals surface area contributed by atoms with Gasteiger partial charge in [0.15, 0.2) is 0 Å². The third kappa shape index (κ3) is 3.31. The number of benzene rings is 1. The van der Waals surface area contributed by atoms with E-state index in [1.807, 2.05) is 13.8 Å².